The molecule has 1 aromatic carbocycles. The van der Waals surface area contributed by atoms with Crippen molar-refractivity contribution >= 4 is 28.9 Å². The molecule has 8 nitrogen and oxygen atoms in total. The molecule has 1 fully saturated rings. The van der Waals surface area contributed by atoms with Crippen molar-refractivity contribution in [1.82, 2.24) is 19.0 Å². The van der Waals surface area contributed by atoms with E-state index in [2.05, 4.69) is 4.98 Å². The zero-order chi connectivity index (χ0) is 26.4. The third-order valence-electron chi connectivity index (χ3n) is 5.87. The van der Waals surface area contributed by atoms with E-state index in [-0.39, 0.29) is 24.3 Å². The Labute approximate surface area is 210 Å². The van der Waals surface area contributed by atoms with Gasteiger partial charge >= 0.3 is 18.0 Å². The predicted octanol–water partition coefficient (Wildman–Crippen LogP) is 5.11. The summed E-state index contributed by atoms with van der Waals surface area (Å²) in [4.78, 5) is 31.6. The number of benzene rings is 1. The first-order chi connectivity index (χ1) is 16.8. The smallest absolute Gasteiger partial charge is 0.417 e. The van der Waals surface area contributed by atoms with E-state index in [9.17, 15) is 22.8 Å². The van der Waals surface area contributed by atoms with Crippen LogP contribution in [0.25, 0.3) is 11.2 Å². The van der Waals surface area contributed by atoms with Gasteiger partial charge in [-0.3, -0.25) is 9.13 Å². The van der Waals surface area contributed by atoms with Crippen LogP contribution in [-0.4, -0.2) is 50.9 Å². The van der Waals surface area contributed by atoms with Crippen molar-refractivity contribution < 1.29 is 27.4 Å². The number of fused-ring (bicyclic) bond motifs is 1. The number of nitrogens with zero attached hydrogens (tertiary/aromatic N) is 4. The molecule has 0 unspecified atom stereocenters. The number of hydrogen-bond acceptors (Lipinski definition) is 5. The summed E-state index contributed by atoms with van der Waals surface area (Å²) in [6, 6.07) is 5.35. The van der Waals surface area contributed by atoms with Gasteiger partial charge in [0.25, 0.3) is 0 Å². The van der Waals surface area contributed by atoms with Gasteiger partial charge in [0, 0.05) is 19.3 Å². The lowest BCUT2D eigenvalue weighted by molar-refractivity contribution is -0.137. The number of ether oxygens (including phenoxy) is 2. The number of alkyl halides is 3. The number of carbonyl (C=O) groups is 1. The fourth-order valence-electron chi connectivity index (χ4n) is 4.23. The van der Waals surface area contributed by atoms with Gasteiger partial charge in [-0.2, -0.15) is 13.2 Å². The van der Waals surface area contributed by atoms with Crippen LogP contribution < -0.4 is 10.4 Å². The van der Waals surface area contributed by atoms with Gasteiger partial charge in [-0.05, 0) is 51.0 Å². The molecule has 3 heterocycles. The summed E-state index contributed by atoms with van der Waals surface area (Å²) < 4.78 is 53.6. The molecule has 194 valence electrons. The second-order valence-electron chi connectivity index (χ2n) is 9.64. The highest BCUT2D eigenvalue weighted by molar-refractivity contribution is 6.32. The van der Waals surface area contributed by atoms with E-state index < -0.39 is 35.2 Å². The Morgan fingerprint density at radius 1 is 1.22 bits per heavy atom. The zero-order valence-corrected chi connectivity index (χ0v) is 21.0. The van der Waals surface area contributed by atoms with Crippen LogP contribution in [0.3, 0.4) is 0 Å². The highest BCUT2D eigenvalue weighted by atomic mass is 35.5. The summed E-state index contributed by atoms with van der Waals surface area (Å²) in [5.41, 5.74) is -1.42. The van der Waals surface area contributed by atoms with Crippen LogP contribution in [0.15, 0.2) is 35.3 Å². The van der Waals surface area contributed by atoms with E-state index in [0.717, 1.165) is 6.07 Å². The van der Waals surface area contributed by atoms with Crippen molar-refractivity contribution in [2.24, 2.45) is 0 Å². The quantitative estimate of drug-likeness (QED) is 0.472. The first kappa shape index (κ1) is 25.9. The van der Waals surface area contributed by atoms with E-state index in [4.69, 9.17) is 21.1 Å². The molecule has 1 aliphatic heterocycles. The van der Waals surface area contributed by atoms with Crippen LogP contribution in [-0.2, 0) is 17.5 Å². The van der Waals surface area contributed by atoms with Gasteiger partial charge in [0.1, 0.15) is 11.4 Å². The Bertz CT molecular complexity index is 1360. The minimum absolute atomic E-state index is 0.0302. The molecular formula is C24H26ClF3N4O4. The lowest BCUT2D eigenvalue weighted by atomic mass is 10.2. The molecule has 0 bridgehead atoms. The minimum atomic E-state index is -4.63. The van der Waals surface area contributed by atoms with Gasteiger partial charge in [0.15, 0.2) is 5.65 Å². The largest absolute Gasteiger partial charge is 0.495 e. The number of pyridine rings is 1. The van der Waals surface area contributed by atoms with Crippen molar-refractivity contribution in [3.63, 3.8) is 0 Å². The van der Waals surface area contributed by atoms with Gasteiger partial charge in [-0.1, -0.05) is 17.7 Å². The third kappa shape index (κ3) is 5.16. The number of hydrogen-bond donors (Lipinski definition) is 0. The second kappa shape index (κ2) is 9.34. The van der Waals surface area contributed by atoms with Crippen molar-refractivity contribution in [3.05, 3.63) is 57.1 Å². The van der Waals surface area contributed by atoms with E-state index in [0.29, 0.717) is 35.5 Å². The number of halogens is 4. The highest BCUT2D eigenvalue weighted by Gasteiger charge is 2.35. The first-order valence-corrected chi connectivity index (χ1v) is 11.6. The van der Waals surface area contributed by atoms with Crippen LogP contribution in [0.2, 0.25) is 5.02 Å². The zero-order valence-electron chi connectivity index (χ0n) is 20.2. The number of rotatable bonds is 4. The highest BCUT2D eigenvalue weighted by Crippen LogP contribution is 2.32. The molecule has 1 aliphatic rings. The average Bonchev–Trinajstić information content (AvgIpc) is 3.35. The van der Waals surface area contributed by atoms with Crippen LogP contribution in [0.4, 0.5) is 18.0 Å². The van der Waals surface area contributed by atoms with E-state index in [1.165, 1.54) is 21.1 Å². The first-order valence-electron chi connectivity index (χ1n) is 11.3. The van der Waals surface area contributed by atoms with E-state index in [1.54, 1.807) is 39.0 Å². The maximum absolute atomic E-state index is 13.6. The average molecular weight is 527 g/mol. The molecule has 2 aromatic heterocycles. The fraction of sp³-hybridized carbons (Fsp3) is 0.458. The molecule has 0 radical (unpaired) electrons. The van der Waals surface area contributed by atoms with Gasteiger partial charge in [0.05, 0.1) is 35.8 Å². The molecule has 1 amide bonds. The molecule has 0 aliphatic carbocycles. The Balaban J connectivity index is 1.76. The van der Waals surface area contributed by atoms with Gasteiger partial charge < -0.3 is 14.4 Å². The van der Waals surface area contributed by atoms with E-state index in [1.807, 2.05) is 0 Å². The molecule has 1 atom stereocenters. The Kier molecular flexibility index (Phi) is 6.72. The second-order valence-corrected chi connectivity index (χ2v) is 10.0. The SMILES string of the molecule is COc1ccc(Cn2c(=O)n([C@H]3CCN(C(=O)OC(C)(C)C)C3)c3ncc(C(F)(F)F)cc32)cc1Cl. The van der Waals surface area contributed by atoms with Crippen LogP contribution in [0.5, 0.6) is 5.75 Å². The maximum Gasteiger partial charge on any atom is 0.417 e. The lowest BCUT2D eigenvalue weighted by Crippen LogP contribution is -2.36. The van der Waals surface area contributed by atoms with Crippen LogP contribution >= 0.6 is 11.6 Å². The molecular weight excluding hydrogens is 501 g/mol. The molecule has 36 heavy (non-hydrogen) atoms. The van der Waals surface area contributed by atoms with Gasteiger partial charge in [-0.25, -0.2) is 14.6 Å². The van der Waals surface area contributed by atoms with Gasteiger partial charge in [0.2, 0.25) is 0 Å². The van der Waals surface area contributed by atoms with Crippen molar-refractivity contribution in [2.45, 2.75) is 51.6 Å². The lowest BCUT2D eigenvalue weighted by Gasteiger charge is -2.24. The summed E-state index contributed by atoms with van der Waals surface area (Å²) in [6.45, 7) is 5.74. The van der Waals surface area contributed by atoms with Crippen molar-refractivity contribution in [1.29, 1.82) is 0 Å². The summed E-state index contributed by atoms with van der Waals surface area (Å²) in [5.74, 6) is 0.435. The van der Waals surface area contributed by atoms with Gasteiger partial charge in [-0.15, -0.1) is 0 Å². The third-order valence-corrected chi connectivity index (χ3v) is 6.16. The number of imidazole rings is 1. The molecule has 3 aromatic rings. The molecule has 4 rings (SSSR count). The normalized spacial score (nSPS) is 16.6. The molecule has 0 saturated carbocycles. The Hall–Kier alpha value is -3.21. The number of likely N-dealkylation sites (tertiary alicyclic amines) is 1. The fourth-order valence-corrected chi connectivity index (χ4v) is 4.51. The summed E-state index contributed by atoms with van der Waals surface area (Å²) in [6.07, 6.45) is -4.00. The monoisotopic (exact) mass is 526 g/mol. The summed E-state index contributed by atoms with van der Waals surface area (Å²) in [7, 11) is 1.46. The Morgan fingerprint density at radius 2 is 1.94 bits per heavy atom. The number of amides is 1. The topological polar surface area (TPSA) is 78.6 Å². The molecule has 0 N–H and O–H groups in total. The molecule has 1 saturated heterocycles. The summed E-state index contributed by atoms with van der Waals surface area (Å²) in [5, 5.41) is 0.310. The van der Waals surface area contributed by atoms with E-state index >= 15 is 0 Å². The predicted molar refractivity (Wildman–Crippen MR) is 128 cm³/mol. The van der Waals surface area contributed by atoms with Crippen LogP contribution in [0.1, 0.15) is 44.4 Å². The standard InChI is InChI=1S/C24H26ClF3N4O4/c1-23(2,3)36-22(34)30-8-7-16(13-30)32-20-18(10-15(11-29-20)24(26,27)28)31(21(32)33)12-14-5-6-19(35-4)17(25)9-14/h5-6,9-11,16H,7-8,12-13H2,1-4H3/t16-/m0/s1. The number of carbonyl (C=O) groups excluding carboxylic acids is 1. The summed E-state index contributed by atoms with van der Waals surface area (Å²) >= 11 is 6.21. The van der Waals surface area contributed by atoms with Crippen molar-refractivity contribution in [2.75, 3.05) is 20.2 Å². The molecule has 12 heteroatoms. The number of methoxy groups -OCH3 is 1. The minimum Gasteiger partial charge on any atom is -0.495 e. The van der Waals surface area contributed by atoms with Crippen LogP contribution in [0, 0.1) is 0 Å². The Morgan fingerprint density at radius 3 is 2.56 bits per heavy atom. The maximum atomic E-state index is 13.6. The number of aromatic nitrogens is 3. The van der Waals surface area contributed by atoms with Crippen molar-refractivity contribution in [3.8, 4) is 5.75 Å². The molecule has 0 spiro atoms.